The fourth-order valence-corrected chi connectivity index (χ4v) is 0. The lowest BCUT2D eigenvalue weighted by Crippen LogP contribution is -2.26. The van der Waals surface area contributed by atoms with Gasteiger partial charge in [0.05, 0.1) is 0 Å². The van der Waals surface area contributed by atoms with Crippen molar-refractivity contribution in [1.82, 2.24) is 0 Å². The first kappa shape index (κ1) is 6.62. The highest BCUT2D eigenvalue weighted by atomic mass is 31.2. The smallest absolute Gasteiger partial charge is 0.804 e. The van der Waals surface area contributed by atoms with E-state index in [-0.39, 0.29) is 2.85 Å². The zero-order valence-electron chi connectivity index (χ0n) is 5.16. The first-order valence-electron chi connectivity index (χ1n) is 1.26. The van der Waals surface area contributed by atoms with Crippen molar-refractivity contribution in [2.75, 3.05) is 0 Å². The maximum absolute atomic E-state index is 9.35. The molecule has 0 bridgehead atoms. The molecule has 0 aliphatic rings. The van der Waals surface area contributed by atoms with Gasteiger partial charge in [0.1, 0.15) is 0 Å². The molecule has 0 aliphatic carbocycles. The quantitative estimate of drug-likeness (QED) is 0.417. The van der Waals surface area contributed by atoms with Crippen LogP contribution in [0.3, 0.4) is 0 Å². The number of hydrogen-bond donors (Lipinski definition) is 1. The van der Waals surface area contributed by atoms with Gasteiger partial charge in [-0.2, -0.15) is 0 Å². The van der Waals surface area contributed by atoms with E-state index in [1.807, 2.05) is 0 Å². The molecule has 42 valence electrons. The van der Waals surface area contributed by atoms with Crippen LogP contribution in [0.1, 0.15) is 2.85 Å². The standard InChI is InChI=1S/CH4NO4P/c2-1(3)7(4,5)6/h(H2,2,3)(H2,4,5,6). The normalized spacial score (nSPS) is 11.1. The fourth-order valence-electron chi connectivity index (χ4n) is 0. The van der Waals surface area contributed by atoms with Crippen molar-refractivity contribution in [2.45, 2.75) is 0 Å². The Morgan fingerprint density at radius 3 is 1.86 bits per heavy atom. The van der Waals surface area contributed by atoms with E-state index in [9.17, 15) is 19.1 Å². The van der Waals surface area contributed by atoms with Crippen molar-refractivity contribution >= 4 is 13.2 Å². The second kappa shape index (κ2) is 1.61. The van der Waals surface area contributed by atoms with Gasteiger partial charge in [0.25, 0.3) is 0 Å². The summed E-state index contributed by atoms with van der Waals surface area (Å²) in [6, 6.07) is 0. The van der Waals surface area contributed by atoms with Gasteiger partial charge >= 0.3 is 2.85 Å². The zero-order chi connectivity index (χ0) is 6.08. The van der Waals surface area contributed by atoms with Gasteiger partial charge in [0.15, 0.2) is 0 Å². The zero-order valence-corrected chi connectivity index (χ0v) is 4.05. The average Bonchev–Trinajstić information content (AvgIpc) is 1.31. The maximum Gasteiger partial charge on any atom is 1.00 e. The summed E-state index contributed by atoms with van der Waals surface area (Å²) in [6.07, 6.45) is 0. The lowest BCUT2D eigenvalue weighted by Gasteiger charge is -2.23. The highest BCUT2D eigenvalue weighted by Gasteiger charge is 1.94. The Morgan fingerprint density at radius 1 is 1.71 bits per heavy atom. The van der Waals surface area contributed by atoms with Gasteiger partial charge in [-0.15, -0.1) is 0 Å². The van der Waals surface area contributed by atoms with Crippen LogP contribution in [-0.2, 0) is 4.57 Å². The van der Waals surface area contributed by atoms with Crippen LogP contribution in [0.25, 0.3) is 0 Å². The van der Waals surface area contributed by atoms with Crippen molar-refractivity contribution in [3.8, 4) is 0 Å². The minimum Gasteiger partial charge on any atom is -0.804 e. The van der Waals surface area contributed by atoms with E-state index in [2.05, 4.69) is 5.73 Å². The van der Waals surface area contributed by atoms with Crippen molar-refractivity contribution in [1.29, 1.82) is 0 Å². The van der Waals surface area contributed by atoms with Gasteiger partial charge in [0, 0.05) is 7.60 Å². The fraction of sp³-hybridized carbons (Fsp3) is 0. The molecule has 0 aromatic carbocycles. The van der Waals surface area contributed by atoms with Gasteiger partial charge in [-0.05, 0) is 0 Å². The van der Waals surface area contributed by atoms with Crippen LogP contribution in [0.5, 0.6) is 0 Å². The Kier molecular flexibility index (Phi) is 1.53. The first-order valence-corrected chi connectivity index (χ1v) is 2.81. The third kappa shape index (κ3) is 2.33. The minimum atomic E-state index is -5.10. The Labute approximate surface area is 42.3 Å². The number of nitrogens with two attached hydrogens (primary N) is 1. The third-order valence-electron chi connectivity index (χ3n) is 0.270. The summed E-state index contributed by atoms with van der Waals surface area (Å²) in [5, 5.41) is 0. The van der Waals surface area contributed by atoms with Crippen molar-refractivity contribution in [3.05, 3.63) is 0 Å². The summed E-state index contributed by atoms with van der Waals surface area (Å²) in [7, 11) is -5.10. The van der Waals surface area contributed by atoms with Crippen molar-refractivity contribution in [2.24, 2.45) is 5.73 Å². The molecule has 2 N–H and O–H groups in total. The summed E-state index contributed by atoms with van der Waals surface area (Å²) in [5.74, 6) is 0. The van der Waals surface area contributed by atoms with Gasteiger partial charge in [-0.25, -0.2) is 0 Å². The number of primary amides is 1. The molecule has 0 aromatic rings. The van der Waals surface area contributed by atoms with Crippen LogP contribution in [0.4, 0.5) is 4.79 Å². The lowest BCUT2D eigenvalue weighted by molar-refractivity contribution is -0.307. The number of rotatable bonds is 1. The summed E-state index contributed by atoms with van der Waals surface area (Å²) >= 11 is 0. The van der Waals surface area contributed by atoms with Gasteiger partial charge in [-0.1, -0.05) is 0 Å². The first-order chi connectivity index (χ1) is 2.94. The molecular weight excluding hydrogens is 121 g/mol. The molecule has 0 aliphatic heterocycles. The molecule has 1 amide bonds. The number of amides is 1. The highest BCUT2D eigenvalue weighted by Crippen LogP contribution is 2.20. The Morgan fingerprint density at radius 2 is 1.86 bits per heavy atom. The maximum atomic E-state index is 9.35. The molecule has 0 heterocycles. The van der Waals surface area contributed by atoms with Crippen molar-refractivity contribution in [3.63, 3.8) is 0 Å². The highest BCUT2D eigenvalue weighted by molar-refractivity contribution is 7.67. The summed E-state index contributed by atoms with van der Waals surface area (Å²) in [6.45, 7) is 0. The molecule has 5 nitrogen and oxygen atoms in total. The van der Waals surface area contributed by atoms with E-state index in [1.165, 1.54) is 0 Å². The molecule has 6 heteroatoms. The molecule has 0 saturated heterocycles. The Hall–Kier alpha value is -0.380. The van der Waals surface area contributed by atoms with Crippen LogP contribution < -0.4 is 15.5 Å². The predicted molar refractivity (Wildman–Crippen MR) is 19.4 cm³/mol. The molecule has 0 spiro atoms. The average molecular weight is 125 g/mol. The van der Waals surface area contributed by atoms with Crippen molar-refractivity contribution < 1.29 is 22.0 Å². The van der Waals surface area contributed by atoms with E-state index in [0.717, 1.165) is 0 Å². The molecule has 7 heavy (non-hydrogen) atoms. The number of carbonyl (C=O) groups is 1. The predicted octanol–water partition coefficient (Wildman–Crippen LogP) is -1.80. The van der Waals surface area contributed by atoms with Crippen LogP contribution >= 0.6 is 7.60 Å². The molecule has 0 rings (SSSR count). The molecule has 0 radical (unpaired) electrons. The second-order valence-electron chi connectivity index (χ2n) is 0.836. The van der Waals surface area contributed by atoms with Gasteiger partial charge in [0.2, 0.25) is 5.65 Å². The van der Waals surface area contributed by atoms with E-state index < -0.39 is 13.2 Å². The molecular formula is CH4NO4P. The SMILES string of the molecule is NC(=O)P(=O)([O-])[O-].[H+].[H+]. The molecule has 0 fully saturated rings. The Balaban J connectivity index is -0.000000180. The van der Waals surface area contributed by atoms with Crippen LogP contribution in [0, 0.1) is 0 Å². The molecule has 0 unspecified atom stereocenters. The minimum absolute atomic E-state index is 0. The van der Waals surface area contributed by atoms with Crippen LogP contribution in [0.15, 0.2) is 0 Å². The van der Waals surface area contributed by atoms with E-state index >= 15 is 0 Å². The molecule has 0 aromatic heterocycles. The van der Waals surface area contributed by atoms with E-state index in [1.54, 1.807) is 0 Å². The van der Waals surface area contributed by atoms with Gasteiger partial charge in [-0.3, -0.25) is 4.79 Å². The lowest BCUT2D eigenvalue weighted by atomic mass is 11.5. The van der Waals surface area contributed by atoms with Crippen LogP contribution in [-0.4, -0.2) is 5.65 Å². The summed E-state index contributed by atoms with van der Waals surface area (Å²) < 4.78 is 9.33. The van der Waals surface area contributed by atoms with E-state index in [4.69, 9.17) is 0 Å². The third-order valence-corrected chi connectivity index (χ3v) is 0.810. The topological polar surface area (TPSA) is 106 Å². The largest absolute Gasteiger partial charge is 1.00 e. The summed E-state index contributed by atoms with van der Waals surface area (Å²) in [5.41, 5.74) is 2.23. The molecule has 0 saturated carbocycles. The number of carbonyl (C=O) groups excluding carboxylic acids is 1. The Bertz CT molecular complexity index is 131. The number of hydrogen-bond acceptors (Lipinski definition) is 4. The molecule has 0 atom stereocenters. The summed E-state index contributed by atoms with van der Waals surface area (Å²) in [4.78, 5) is 28.0. The van der Waals surface area contributed by atoms with Crippen LogP contribution in [0.2, 0.25) is 0 Å². The second-order valence-corrected chi connectivity index (χ2v) is 2.27. The van der Waals surface area contributed by atoms with E-state index in [0.29, 0.717) is 0 Å². The monoisotopic (exact) mass is 125 g/mol. The van der Waals surface area contributed by atoms with Gasteiger partial charge < -0.3 is 20.1 Å².